The predicted octanol–water partition coefficient (Wildman–Crippen LogP) is 2.97. The molecule has 6 heteroatoms. The van der Waals surface area contributed by atoms with Crippen LogP contribution in [-0.4, -0.2) is 19.6 Å². The van der Waals surface area contributed by atoms with Gasteiger partial charge in [0, 0.05) is 0 Å². The molecule has 0 atom stereocenters. The Bertz CT molecular complexity index is 479. The van der Waals surface area contributed by atoms with Gasteiger partial charge in [0.05, 0.1) is 17.8 Å². The van der Waals surface area contributed by atoms with E-state index in [4.69, 9.17) is 9.29 Å². The van der Waals surface area contributed by atoms with Gasteiger partial charge >= 0.3 is 0 Å². The number of halogens is 1. The van der Waals surface area contributed by atoms with Gasteiger partial charge in [-0.2, -0.15) is 8.42 Å². The molecule has 0 amide bonds. The van der Waals surface area contributed by atoms with Crippen LogP contribution in [0.5, 0.6) is 5.75 Å². The fourth-order valence-corrected chi connectivity index (χ4v) is 1.72. The van der Waals surface area contributed by atoms with Crippen LogP contribution in [-0.2, 0) is 10.1 Å². The van der Waals surface area contributed by atoms with E-state index in [-0.39, 0.29) is 11.6 Å². The minimum Gasteiger partial charge on any atom is -0.465 e. The monoisotopic (exact) mass is 274 g/mol. The van der Waals surface area contributed by atoms with E-state index >= 15 is 0 Å². The largest absolute Gasteiger partial charge is 0.465 e. The van der Waals surface area contributed by atoms with Crippen LogP contribution >= 0.6 is 0 Å². The number of benzene rings is 1. The standard InChI is InChI=1S/C12H15FO4S/c13-9-3-1-2-4-10-17-11-5-7-12(8-6-11)18(14,15)16/h4-8,10H,1-3,9H2,(H,14,15,16). The highest BCUT2D eigenvalue weighted by Crippen LogP contribution is 2.15. The molecule has 0 aliphatic rings. The molecule has 1 aromatic rings. The average Bonchev–Trinajstić information content (AvgIpc) is 2.33. The van der Waals surface area contributed by atoms with Gasteiger partial charge in [-0.25, -0.2) is 0 Å². The van der Waals surface area contributed by atoms with Crippen molar-refractivity contribution in [3.63, 3.8) is 0 Å². The molecule has 1 N–H and O–H groups in total. The van der Waals surface area contributed by atoms with Crippen LogP contribution in [0.1, 0.15) is 19.3 Å². The summed E-state index contributed by atoms with van der Waals surface area (Å²) in [5, 5.41) is 0. The van der Waals surface area contributed by atoms with Crippen LogP contribution < -0.4 is 4.74 Å². The Kier molecular flexibility index (Phi) is 5.80. The van der Waals surface area contributed by atoms with Crippen molar-refractivity contribution in [3.05, 3.63) is 36.6 Å². The van der Waals surface area contributed by atoms with E-state index in [0.29, 0.717) is 12.2 Å². The van der Waals surface area contributed by atoms with Crippen LogP contribution in [0.25, 0.3) is 0 Å². The molecule has 4 nitrogen and oxygen atoms in total. The van der Waals surface area contributed by atoms with Crippen molar-refractivity contribution in [3.8, 4) is 5.75 Å². The smallest absolute Gasteiger partial charge is 0.294 e. The van der Waals surface area contributed by atoms with Crippen molar-refractivity contribution in [2.24, 2.45) is 0 Å². The molecule has 0 aromatic heterocycles. The Morgan fingerprint density at radius 1 is 1.22 bits per heavy atom. The second-order valence-corrected chi connectivity index (χ2v) is 5.04. The van der Waals surface area contributed by atoms with Gasteiger partial charge in [-0.15, -0.1) is 0 Å². The normalized spacial score (nSPS) is 11.9. The highest BCUT2D eigenvalue weighted by Gasteiger charge is 2.08. The second-order valence-electron chi connectivity index (χ2n) is 3.62. The maximum atomic E-state index is 11.8. The number of alkyl halides is 1. The topological polar surface area (TPSA) is 63.6 Å². The average molecular weight is 274 g/mol. The van der Waals surface area contributed by atoms with Crippen molar-refractivity contribution >= 4 is 10.1 Å². The molecule has 0 saturated heterocycles. The van der Waals surface area contributed by atoms with Crippen molar-refractivity contribution in [1.82, 2.24) is 0 Å². The van der Waals surface area contributed by atoms with Crippen molar-refractivity contribution < 1.29 is 22.1 Å². The fourth-order valence-electron chi connectivity index (χ4n) is 1.24. The number of unbranched alkanes of at least 4 members (excludes halogenated alkanes) is 2. The molecule has 0 fully saturated rings. The third kappa shape index (κ3) is 5.29. The third-order valence-corrected chi connectivity index (χ3v) is 3.04. The number of hydrogen-bond acceptors (Lipinski definition) is 3. The summed E-state index contributed by atoms with van der Waals surface area (Å²) in [6.45, 7) is -0.314. The maximum Gasteiger partial charge on any atom is 0.294 e. The van der Waals surface area contributed by atoms with Crippen molar-refractivity contribution in [1.29, 1.82) is 0 Å². The molecule has 0 heterocycles. The predicted molar refractivity (Wildman–Crippen MR) is 65.9 cm³/mol. The first-order valence-corrected chi connectivity index (χ1v) is 6.93. The van der Waals surface area contributed by atoms with Gasteiger partial charge in [0.1, 0.15) is 5.75 Å². The zero-order valence-corrected chi connectivity index (χ0v) is 10.6. The Morgan fingerprint density at radius 3 is 2.44 bits per heavy atom. The van der Waals surface area contributed by atoms with Gasteiger partial charge in [-0.1, -0.05) is 0 Å². The highest BCUT2D eigenvalue weighted by atomic mass is 32.2. The molecule has 0 unspecified atom stereocenters. The maximum absolute atomic E-state index is 11.8. The zero-order chi connectivity index (χ0) is 13.4. The summed E-state index contributed by atoms with van der Waals surface area (Å²) in [5.74, 6) is 0.462. The molecule has 0 aliphatic heterocycles. The molecule has 0 saturated carbocycles. The number of hydrogen-bond donors (Lipinski definition) is 1. The lowest BCUT2D eigenvalue weighted by Crippen LogP contribution is -1.97. The number of ether oxygens (including phenoxy) is 1. The summed E-state index contributed by atoms with van der Waals surface area (Å²) >= 11 is 0. The van der Waals surface area contributed by atoms with Crippen LogP contribution in [0.3, 0.4) is 0 Å². The molecular weight excluding hydrogens is 259 g/mol. The zero-order valence-electron chi connectivity index (χ0n) is 9.75. The van der Waals surface area contributed by atoms with Gasteiger partial charge in [0.2, 0.25) is 0 Å². The molecule has 100 valence electrons. The summed E-state index contributed by atoms with van der Waals surface area (Å²) in [7, 11) is -4.16. The van der Waals surface area contributed by atoms with Crippen molar-refractivity contribution in [2.45, 2.75) is 24.2 Å². The summed E-state index contributed by atoms with van der Waals surface area (Å²) < 4.78 is 47.3. The SMILES string of the molecule is O=S(=O)(O)c1ccc(OC=CCCCCF)cc1. The molecule has 0 spiro atoms. The first-order valence-electron chi connectivity index (χ1n) is 5.49. The summed E-state index contributed by atoms with van der Waals surface area (Å²) in [5.41, 5.74) is 0. The van der Waals surface area contributed by atoms with Gasteiger partial charge in [-0.3, -0.25) is 8.94 Å². The Hall–Kier alpha value is -1.40. The van der Waals surface area contributed by atoms with Crippen LogP contribution in [0, 0.1) is 0 Å². The first-order chi connectivity index (χ1) is 8.54. The minimum atomic E-state index is -4.16. The van der Waals surface area contributed by atoms with Gasteiger partial charge in [-0.05, 0) is 49.6 Å². The molecule has 0 bridgehead atoms. The first kappa shape index (κ1) is 14.7. The molecule has 1 aromatic carbocycles. The van der Waals surface area contributed by atoms with E-state index in [1.165, 1.54) is 30.5 Å². The van der Waals surface area contributed by atoms with Gasteiger partial charge in [0.15, 0.2) is 0 Å². The van der Waals surface area contributed by atoms with Crippen LogP contribution in [0.2, 0.25) is 0 Å². The van der Waals surface area contributed by atoms with Crippen LogP contribution in [0.4, 0.5) is 4.39 Å². The lowest BCUT2D eigenvalue weighted by molar-refractivity contribution is 0.458. The minimum absolute atomic E-state index is 0.179. The molecular formula is C12H15FO4S. The van der Waals surface area contributed by atoms with E-state index in [9.17, 15) is 12.8 Å². The molecule has 1 rings (SSSR count). The summed E-state index contributed by atoms with van der Waals surface area (Å²) in [6.07, 6.45) is 5.27. The van der Waals surface area contributed by atoms with E-state index in [1.807, 2.05) is 0 Å². The van der Waals surface area contributed by atoms with Crippen LogP contribution in [0.15, 0.2) is 41.5 Å². The van der Waals surface area contributed by atoms with E-state index < -0.39 is 10.1 Å². The fraction of sp³-hybridized carbons (Fsp3) is 0.333. The quantitative estimate of drug-likeness (QED) is 0.471. The van der Waals surface area contributed by atoms with Gasteiger partial charge < -0.3 is 4.74 Å². The van der Waals surface area contributed by atoms with E-state index in [0.717, 1.165) is 12.8 Å². The molecule has 0 aliphatic carbocycles. The summed E-state index contributed by atoms with van der Waals surface area (Å²) in [4.78, 5) is -0.179. The highest BCUT2D eigenvalue weighted by molar-refractivity contribution is 7.85. The number of rotatable bonds is 7. The lowest BCUT2D eigenvalue weighted by Gasteiger charge is -2.01. The Morgan fingerprint density at radius 2 is 1.89 bits per heavy atom. The van der Waals surface area contributed by atoms with E-state index in [2.05, 4.69) is 0 Å². The second kappa shape index (κ2) is 7.13. The lowest BCUT2D eigenvalue weighted by atomic mass is 10.2. The third-order valence-electron chi connectivity index (χ3n) is 2.18. The number of allylic oxidation sites excluding steroid dienone is 1. The summed E-state index contributed by atoms with van der Waals surface area (Å²) in [6, 6.07) is 5.38. The molecule has 0 radical (unpaired) electrons. The molecule has 18 heavy (non-hydrogen) atoms. The van der Waals surface area contributed by atoms with Gasteiger partial charge in [0.25, 0.3) is 10.1 Å². The Balaban J connectivity index is 2.45. The van der Waals surface area contributed by atoms with E-state index in [1.54, 1.807) is 6.08 Å². The Labute approximate surface area is 106 Å². The van der Waals surface area contributed by atoms with Crippen molar-refractivity contribution in [2.75, 3.05) is 6.67 Å².